The van der Waals surface area contributed by atoms with Gasteiger partial charge in [-0.05, 0) is 31.4 Å². The molecular formula is C21H24N2O5S. The van der Waals surface area contributed by atoms with E-state index in [-0.39, 0.29) is 16.5 Å². The SMILES string of the molecule is COCCc1nc2scc(C(=O)O)c2c(=O)n1CCCCOc1ccccc1C. The molecule has 0 spiro atoms. The van der Waals surface area contributed by atoms with Gasteiger partial charge in [0.1, 0.15) is 16.4 Å². The number of nitrogens with zero attached hydrogens (tertiary/aromatic N) is 2. The van der Waals surface area contributed by atoms with Crippen LogP contribution in [-0.2, 0) is 17.7 Å². The Morgan fingerprint density at radius 3 is 2.76 bits per heavy atom. The van der Waals surface area contributed by atoms with Gasteiger partial charge < -0.3 is 14.6 Å². The van der Waals surface area contributed by atoms with E-state index in [4.69, 9.17) is 9.47 Å². The van der Waals surface area contributed by atoms with Crippen LogP contribution in [0, 0.1) is 6.92 Å². The van der Waals surface area contributed by atoms with Crippen LogP contribution in [0.2, 0.25) is 0 Å². The second-order valence-corrected chi connectivity index (χ2v) is 7.54. The average molecular weight is 416 g/mol. The average Bonchev–Trinajstić information content (AvgIpc) is 3.13. The first-order chi connectivity index (χ1) is 14.0. The van der Waals surface area contributed by atoms with Gasteiger partial charge in [0.2, 0.25) is 0 Å². The molecule has 29 heavy (non-hydrogen) atoms. The van der Waals surface area contributed by atoms with Crippen LogP contribution in [0.25, 0.3) is 10.2 Å². The van der Waals surface area contributed by atoms with Gasteiger partial charge in [-0.2, -0.15) is 0 Å². The molecule has 3 rings (SSSR count). The Balaban J connectivity index is 1.74. The van der Waals surface area contributed by atoms with E-state index in [1.54, 1.807) is 11.7 Å². The zero-order valence-corrected chi connectivity index (χ0v) is 17.3. The highest BCUT2D eigenvalue weighted by atomic mass is 32.1. The highest BCUT2D eigenvalue weighted by molar-refractivity contribution is 7.17. The van der Waals surface area contributed by atoms with Crippen molar-refractivity contribution < 1.29 is 19.4 Å². The fourth-order valence-corrected chi connectivity index (χ4v) is 4.03. The van der Waals surface area contributed by atoms with Crippen LogP contribution < -0.4 is 10.3 Å². The number of ether oxygens (including phenoxy) is 2. The molecule has 1 N–H and O–H groups in total. The molecule has 8 heteroatoms. The van der Waals surface area contributed by atoms with Crippen molar-refractivity contribution in [3.05, 3.63) is 57.0 Å². The van der Waals surface area contributed by atoms with Crippen LogP contribution >= 0.6 is 11.3 Å². The van der Waals surface area contributed by atoms with Crippen LogP contribution in [0.5, 0.6) is 5.75 Å². The maximum absolute atomic E-state index is 13.0. The van der Waals surface area contributed by atoms with Crippen molar-refractivity contribution in [3.63, 3.8) is 0 Å². The first-order valence-corrected chi connectivity index (χ1v) is 10.3. The number of methoxy groups -OCH3 is 1. The van der Waals surface area contributed by atoms with Gasteiger partial charge in [-0.1, -0.05) is 18.2 Å². The molecule has 3 aromatic rings. The third-order valence-corrected chi connectivity index (χ3v) is 5.53. The van der Waals surface area contributed by atoms with Crippen LogP contribution in [0.1, 0.15) is 34.6 Å². The van der Waals surface area contributed by atoms with Crippen molar-refractivity contribution in [1.29, 1.82) is 0 Å². The van der Waals surface area contributed by atoms with Gasteiger partial charge >= 0.3 is 5.97 Å². The molecule has 0 saturated heterocycles. The first-order valence-electron chi connectivity index (χ1n) is 9.44. The van der Waals surface area contributed by atoms with E-state index in [0.717, 1.165) is 17.7 Å². The van der Waals surface area contributed by atoms with Crippen LogP contribution in [-0.4, -0.2) is 41.0 Å². The second-order valence-electron chi connectivity index (χ2n) is 6.68. The Kier molecular flexibility index (Phi) is 7.00. The summed E-state index contributed by atoms with van der Waals surface area (Å²) in [5.41, 5.74) is 0.788. The summed E-state index contributed by atoms with van der Waals surface area (Å²) in [6.07, 6.45) is 1.96. The molecule has 0 fully saturated rings. The van der Waals surface area contributed by atoms with Gasteiger partial charge in [0.25, 0.3) is 5.56 Å². The Bertz CT molecular complexity index is 1060. The summed E-state index contributed by atoms with van der Waals surface area (Å²) in [4.78, 5) is 29.5. The standard InChI is InChI=1S/C21H24N2O5S/c1-14-7-3-4-8-16(14)28-11-6-5-10-23-17(9-12-27-2)22-19-18(20(23)24)15(13-29-19)21(25)26/h3-4,7-8,13H,5-6,9-12H2,1-2H3,(H,25,26). The van der Waals surface area contributed by atoms with Crippen LogP contribution in [0.3, 0.4) is 0 Å². The number of carbonyl (C=O) groups is 1. The molecule has 154 valence electrons. The van der Waals surface area contributed by atoms with Crippen molar-refractivity contribution in [2.75, 3.05) is 20.3 Å². The highest BCUT2D eigenvalue weighted by Gasteiger charge is 2.19. The number of para-hydroxylation sites is 1. The lowest BCUT2D eigenvalue weighted by atomic mass is 10.2. The molecule has 0 aliphatic carbocycles. The minimum Gasteiger partial charge on any atom is -0.493 e. The van der Waals surface area contributed by atoms with Gasteiger partial charge in [-0.25, -0.2) is 9.78 Å². The van der Waals surface area contributed by atoms with E-state index in [1.165, 1.54) is 16.7 Å². The molecule has 7 nitrogen and oxygen atoms in total. The van der Waals surface area contributed by atoms with Crippen molar-refractivity contribution in [1.82, 2.24) is 9.55 Å². The Morgan fingerprint density at radius 1 is 1.24 bits per heavy atom. The lowest BCUT2D eigenvalue weighted by molar-refractivity contribution is 0.0699. The van der Waals surface area contributed by atoms with Crippen molar-refractivity contribution in [2.24, 2.45) is 0 Å². The quantitative estimate of drug-likeness (QED) is 0.509. The predicted octanol–water partition coefficient (Wildman–Crippen LogP) is 3.51. The molecule has 0 bridgehead atoms. The van der Waals surface area contributed by atoms with E-state index >= 15 is 0 Å². The minimum atomic E-state index is -1.11. The van der Waals surface area contributed by atoms with Crippen LogP contribution in [0.15, 0.2) is 34.4 Å². The summed E-state index contributed by atoms with van der Waals surface area (Å²) in [6.45, 7) is 3.43. The zero-order chi connectivity index (χ0) is 20.8. The number of rotatable bonds is 10. The number of unbranched alkanes of at least 4 members (excludes halogenated alkanes) is 1. The molecule has 2 aromatic heterocycles. The number of hydrogen-bond acceptors (Lipinski definition) is 6. The van der Waals surface area contributed by atoms with E-state index in [2.05, 4.69) is 4.98 Å². The number of hydrogen-bond donors (Lipinski definition) is 1. The Hall–Kier alpha value is -2.71. The van der Waals surface area contributed by atoms with E-state index in [0.29, 0.717) is 43.3 Å². The molecule has 0 unspecified atom stereocenters. The van der Waals surface area contributed by atoms with Gasteiger partial charge in [-0.15, -0.1) is 11.3 Å². The minimum absolute atomic E-state index is 0.0115. The summed E-state index contributed by atoms with van der Waals surface area (Å²) in [5.74, 6) is 0.360. The molecule has 0 aliphatic rings. The topological polar surface area (TPSA) is 90.7 Å². The van der Waals surface area contributed by atoms with Crippen molar-refractivity contribution in [2.45, 2.75) is 32.7 Å². The second kappa shape index (κ2) is 9.67. The Labute approximate surface area is 172 Å². The summed E-state index contributed by atoms with van der Waals surface area (Å²) in [6, 6.07) is 7.84. The number of aryl methyl sites for hydroxylation is 1. The molecule has 2 heterocycles. The highest BCUT2D eigenvalue weighted by Crippen LogP contribution is 2.22. The fourth-order valence-electron chi connectivity index (χ4n) is 3.11. The Morgan fingerprint density at radius 2 is 2.03 bits per heavy atom. The number of benzene rings is 1. The summed E-state index contributed by atoms with van der Waals surface area (Å²) < 4.78 is 12.5. The molecule has 0 aliphatic heterocycles. The van der Waals surface area contributed by atoms with Crippen molar-refractivity contribution >= 4 is 27.5 Å². The van der Waals surface area contributed by atoms with Gasteiger partial charge in [0, 0.05) is 25.5 Å². The summed E-state index contributed by atoms with van der Waals surface area (Å²) in [5, 5.41) is 11.0. The molecule has 0 radical (unpaired) electrons. The first kappa shape index (κ1) is 21.0. The number of thiophene rings is 1. The monoisotopic (exact) mass is 416 g/mol. The maximum Gasteiger partial charge on any atom is 0.337 e. The zero-order valence-electron chi connectivity index (χ0n) is 16.5. The normalized spacial score (nSPS) is 11.1. The lowest BCUT2D eigenvalue weighted by Gasteiger charge is -2.13. The van der Waals surface area contributed by atoms with Crippen LogP contribution in [0.4, 0.5) is 0 Å². The van der Waals surface area contributed by atoms with Gasteiger partial charge in [0.15, 0.2) is 0 Å². The van der Waals surface area contributed by atoms with E-state index < -0.39 is 5.97 Å². The lowest BCUT2D eigenvalue weighted by Crippen LogP contribution is -2.27. The fraction of sp³-hybridized carbons (Fsp3) is 0.381. The summed E-state index contributed by atoms with van der Waals surface area (Å²) >= 11 is 1.18. The maximum atomic E-state index is 13.0. The molecule has 0 amide bonds. The molecular weight excluding hydrogens is 392 g/mol. The molecule has 0 saturated carbocycles. The number of carboxylic acids is 1. The van der Waals surface area contributed by atoms with Gasteiger partial charge in [-0.3, -0.25) is 9.36 Å². The third kappa shape index (κ3) is 4.83. The summed E-state index contributed by atoms with van der Waals surface area (Å²) in [7, 11) is 1.59. The smallest absolute Gasteiger partial charge is 0.337 e. The number of aromatic carboxylic acids is 1. The third-order valence-electron chi connectivity index (χ3n) is 4.66. The number of aromatic nitrogens is 2. The van der Waals surface area contributed by atoms with E-state index in [9.17, 15) is 14.7 Å². The van der Waals surface area contributed by atoms with E-state index in [1.807, 2.05) is 31.2 Å². The van der Waals surface area contributed by atoms with Crippen molar-refractivity contribution in [3.8, 4) is 5.75 Å². The molecule has 0 atom stereocenters. The predicted molar refractivity (Wildman–Crippen MR) is 112 cm³/mol. The number of fused-ring (bicyclic) bond motifs is 1. The largest absolute Gasteiger partial charge is 0.493 e. The molecule has 1 aromatic carbocycles. The van der Waals surface area contributed by atoms with Gasteiger partial charge in [0.05, 0.1) is 24.2 Å². The number of carboxylic acid groups (broad SMARTS) is 1.